The number of rotatable bonds is 4. The lowest BCUT2D eigenvalue weighted by atomic mass is 10.0. The maximum Gasteiger partial charge on any atom is 0.165 e. The van der Waals surface area contributed by atoms with Crippen molar-refractivity contribution in [2.45, 2.75) is 31.4 Å². The van der Waals surface area contributed by atoms with E-state index in [1.165, 1.54) is 18.2 Å². The van der Waals surface area contributed by atoms with Crippen LogP contribution in [0.3, 0.4) is 0 Å². The Morgan fingerprint density at radius 2 is 1.97 bits per heavy atom. The molecule has 0 radical (unpaired) electrons. The van der Waals surface area contributed by atoms with Gasteiger partial charge in [0.15, 0.2) is 5.65 Å². The van der Waals surface area contributed by atoms with Gasteiger partial charge in [0.2, 0.25) is 0 Å². The van der Waals surface area contributed by atoms with Crippen molar-refractivity contribution in [3.8, 4) is 11.1 Å². The van der Waals surface area contributed by atoms with Crippen molar-refractivity contribution >= 4 is 17.3 Å². The fourth-order valence-electron chi connectivity index (χ4n) is 6.07. The molecule has 9 heteroatoms. The van der Waals surface area contributed by atoms with Crippen LogP contribution in [0.25, 0.3) is 16.8 Å². The van der Waals surface area contributed by atoms with Gasteiger partial charge < -0.3 is 14.5 Å². The summed E-state index contributed by atoms with van der Waals surface area (Å²) < 4.78 is 36.3. The van der Waals surface area contributed by atoms with Crippen LogP contribution in [0.5, 0.6) is 0 Å². The fourth-order valence-corrected chi connectivity index (χ4v) is 6.07. The van der Waals surface area contributed by atoms with E-state index >= 15 is 0 Å². The van der Waals surface area contributed by atoms with Crippen molar-refractivity contribution in [2.75, 3.05) is 36.0 Å². The number of benzene rings is 1. The van der Waals surface area contributed by atoms with Crippen LogP contribution in [-0.4, -0.2) is 51.9 Å². The summed E-state index contributed by atoms with van der Waals surface area (Å²) in [6.45, 7) is 5.16. The second-order valence-electron chi connectivity index (χ2n) is 10.0. The van der Waals surface area contributed by atoms with Crippen molar-refractivity contribution in [3.05, 3.63) is 72.2 Å². The van der Waals surface area contributed by atoms with E-state index in [1.807, 2.05) is 30.6 Å². The number of morpholine rings is 1. The summed E-state index contributed by atoms with van der Waals surface area (Å²) in [7, 11) is 0. The van der Waals surface area contributed by atoms with E-state index in [-0.39, 0.29) is 11.9 Å². The highest BCUT2D eigenvalue weighted by Gasteiger charge is 2.64. The van der Waals surface area contributed by atoms with Crippen LogP contribution in [-0.2, 0) is 10.3 Å². The first-order valence-electron chi connectivity index (χ1n) is 12.4. The second-order valence-corrected chi connectivity index (χ2v) is 10.0. The van der Waals surface area contributed by atoms with Crippen LogP contribution >= 0.6 is 0 Å². The van der Waals surface area contributed by atoms with Crippen molar-refractivity contribution in [1.82, 2.24) is 19.6 Å². The fraction of sp³-hybridized carbons (Fsp3) is 0.370. The molecule has 7 nitrogen and oxygen atoms in total. The van der Waals surface area contributed by atoms with Crippen LogP contribution in [0.15, 0.2) is 55.0 Å². The minimum absolute atomic E-state index is 0.184. The molecule has 3 aromatic heterocycles. The molecule has 4 aromatic rings. The Morgan fingerprint density at radius 3 is 2.78 bits per heavy atom. The number of halogens is 2. The molecular weight excluding hydrogens is 462 g/mol. The first kappa shape index (κ1) is 21.7. The highest BCUT2D eigenvalue weighted by molar-refractivity contribution is 5.78. The maximum atomic E-state index is 14.8. The Bertz CT molecular complexity index is 1460. The van der Waals surface area contributed by atoms with E-state index in [9.17, 15) is 8.78 Å². The predicted octanol–water partition coefficient (Wildman–Crippen LogP) is 4.42. The summed E-state index contributed by atoms with van der Waals surface area (Å²) in [5.74, 6) is 1.20. The molecule has 2 aliphatic heterocycles. The smallest absolute Gasteiger partial charge is 0.165 e. The minimum Gasteiger partial charge on any atom is -0.375 e. The molecule has 0 bridgehead atoms. The number of aromatic nitrogens is 4. The summed E-state index contributed by atoms with van der Waals surface area (Å²) in [5.41, 5.74) is 2.41. The van der Waals surface area contributed by atoms with E-state index < -0.39 is 11.4 Å². The van der Waals surface area contributed by atoms with Crippen LogP contribution in [0.2, 0.25) is 0 Å². The molecule has 184 valence electrons. The largest absolute Gasteiger partial charge is 0.375 e. The van der Waals surface area contributed by atoms with Gasteiger partial charge in [0.05, 0.1) is 24.4 Å². The molecule has 0 spiro atoms. The zero-order valence-corrected chi connectivity index (χ0v) is 19.9. The van der Waals surface area contributed by atoms with Crippen molar-refractivity contribution in [3.63, 3.8) is 0 Å². The van der Waals surface area contributed by atoms with Gasteiger partial charge in [0.1, 0.15) is 23.3 Å². The average molecular weight is 489 g/mol. The zero-order valence-electron chi connectivity index (χ0n) is 19.9. The monoisotopic (exact) mass is 488 g/mol. The molecule has 3 atom stereocenters. The van der Waals surface area contributed by atoms with Crippen LogP contribution in [0, 0.1) is 17.6 Å². The van der Waals surface area contributed by atoms with E-state index in [2.05, 4.69) is 21.8 Å². The van der Waals surface area contributed by atoms with E-state index in [0.29, 0.717) is 23.7 Å². The van der Waals surface area contributed by atoms with Crippen LogP contribution in [0.4, 0.5) is 20.4 Å². The van der Waals surface area contributed by atoms with E-state index in [0.717, 1.165) is 55.2 Å². The average Bonchev–Trinajstić information content (AvgIpc) is 3.27. The molecule has 1 aliphatic carbocycles. The van der Waals surface area contributed by atoms with Crippen molar-refractivity contribution in [2.24, 2.45) is 5.92 Å². The number of hydrogen-bond acceptors (Lipinski definition) is 6. The summed E-state index contributed by atoms with van der Waals surface area (Å²) >= 11 is 0. The molecule has 36 heavy (non-hydrogen) atoms. The summed E-state index contributed by atoms with van der Waals surface area (Å²) in [4.78, 5) is 14.1. The number of pyridine rings is 1. The number of hydrogen-bond donors (Lipinski definition) is 0. The van der Waals surface area contributed by atoms with Gasteiger partial charge in [-0.1, -0.05) is 0 Å². The topological polar surface area (TPSA) is 58.8 Å². The number of ether oxygens (including phenoxy) is 1. The maximum absolute atomic E-state index is 14.8. The van der Waals surface area contributed by atoms with Crippen LogP contribution in [0.1, 0.15) is 25.3 Å². The molecule has 1 saturated carbocycles. The molecule has 5 heterocycles. The van der Waals surface area contributed by atoms with Gasteiger partial charge in [0, 0.05) is 48.7 Å². The van der Waals surface area contributed by atoms with Gasteiger partial charge in [-0.2, -0.15) is 5.10 Å². The highest BCUT2D eigenvalue weighted by atomic mass is 19.1. The third-order valence-corrected chi connectivity index (χ3v) is 7.91. The molecular formula is C27H26F2N6O. The highest BCUT2D eigenvalue weighted by Crippen LogP contribution is 2.63. The summed E-state index contributed by atoms with van der Waals surface area (Å²) in [5, 5.41) is 4.49. The lowest BCUT2D eigenvalue weighted by molar-refractivity contribution is 0.0529. The van der Waals surface area contributed by atoms with Gasteiger partial charge in [-0.05, 0) is 62.1 Å². The third kappa shape index (κ3) is 3.29. The Morgan fingerprint density at radius 1 is 1.06 bits per heavy atom. The minimum atomic E-state index is -0.532. The Balaban J connectivity index is 1.23. The molecule has 3 aliphatic rings. The molecule has 0 N–H and O–H groups in total. The molecule has 0 amide bonds. The number of nitrogens with zero attached hydrogens (tertiary/aromatic N) is 6. The third-order valence-electron chi connectivity index (χ3n) is 7.91. The Labute approximate surface area is 207 Å². The molecule has 1 aromatic carbocycles. The van der Waals surface area contributed by atoms with Gasteiger partial charge in [-0.25, -0.2) is 23.3 Å². The first-order chi connectivity index (χ1) is 17.5. The van der Waals surface area contributed by atoms with Gasteiger partial charge in [-0.15, -0.1) is 0 Å². The standard InChI is InChI=1S/C27H26F2N6O/c1-17-16-33(10-11-36-17)24-5-2-18(14-30-24)21-15-31-35-9-7-25(32-26(21)35)34-8-6-19-13-27(19,34)22-12-20(28)3-4-23(22)29/h2-5,7,9,12,14-15,17,19H,6,8,10-11,13,16H2,1H3/t17-,19+,27-/m1/s1. The van der Waals surface area contributed by atoms with Gasteiger partial charge in [0.25, 0.3) is 0 Å². The summed E-state index contributed by atoms with van der Waals surface area (Å²) in [6, 6.07) is 9.73. The normalized spacial score (nSPS) is 25.4. The van der Waals surface area contributed by atoms with E-state index in [4.69, 9.17) is 14.7 Å². The molecule has 7 rings (SSSR count). The van der Waals surface area contributed by atoms with Crippen LogP contribution < -0.4 is 9.80 Å². The zero-order chi connectivity index (χ0) is 24.4. The van der Waals surface area contributed by atoms with E-state index in [1.54, 1.807) is 10.7 Å². The lowest BCUT2D eigenvalue weighted by Crippen LogP contribution is -2.41. The second kappa shape index (κ2) is 7.96. The Kier molecular flexibility index (Phi) is 4.79. The van der Waals surface area contributed by atoms with Gasteiger partial charge >= 0.3 is 0 Å². The van der Waals surface area contributed by atoms with Crippen molar-refractivity contribution in [1.29, 1.82) is 0 Å². The SMILES string of the molecule is C[C@@H]1CN(c2ccc(-c3cnn4ccc(N5CC[C@H]6C[C@]65c5cc(F)ccc5F)nc34)cn2)CCO1. The summed E-state index contributed by atoms with van der Waals surface area (Å²) in [6.07, 6.45) is 7.45. The van der Waals surface area contributed by atoms with Gasteiger partial charge in [-0.3, -0.25) is 0 Å². The molecule has 3 fully saturated rings. The van der Waals surface area contributed by atoms with Crippen molar-refractivity contribution < 1.29 is 13.5 Å². The first-order valence-corrected chi connectivity index (χ1v) is 12.4. The Hall–Kier alpha value is -3.59. The molecule has 0 unspecified atom stereocenters. The number of piperidine rings is 1. The number of anilines is 2. The number of fused-ring (bicyclic) bond motifs is 2. The molecule has 2 saturated heterocycles. The predicted molar refractivity (Wildman–Crippen MR) is 132 cm³/mol. The quantitative estimate of drug-likeness (QED) is 0.424. The lowest BCUT2D eigenvalue weighted by Gasteiger charge is -2.32.